The average Bonchev–Trinajstić information content (AvgIpc) is 2.59. The molecule has 1 aliphatic heterocycles. The SMILES string of the molecule is [2H]c1c([2H])c(F)c(B2OC(C)(C)C(C)(C)O2)c(OC)c1[2H]. The van der Waals surface area contributed by atoms with Gasteiger partial charge >= 0.3 is 7.12 Å². The summed E-state index contributed by atoms with van der Waals surface area (Å²) in [6.07, 6.45) is 0. The second-order valence-electron chi connectivity index (χ2n) is 5.22. The van der Waals surface area contributed by atoms with Crippen LogP contribution >= 0.6 is 0 Å². The number of hydrogen-bond donors (Lipinski definition) is 0. The van der Waals surface area contributed by atoms with Crippen LogP contribution < -0.4 is 10.2 Å². The third kappa shape index (κ3) is 2.02. The minimum atomic E-state index is -1.08. The molecule has 1 aromatic rings. The second kappa shape index (κ2) is 4.25. The zero-order valence-corrected chi connectivity index (χ0v) is 11.2. The Hall–Kier alpha value is -1.07. The van der Waals surface area contributed by atoms with Gasteiger partial charge in [-0.3, -0.25) is 0 Å². The summed E-state index contributed by atoms with van der Waals surface area (Å²) in [6, 6.07) is -1.54. The first-order valence-electron chi connectivity index (χ1n) is 7.22. The van der Waals surface area contributed by atoms with E-state index in [1.54, 1.807) is 0 Å². The Bertz CT molecular complexity index is 577. The van der Waals surface area contributed by atoms with Crippen LogP contribution in [0.4, 0.5) is 4.39 Å². The van der Waals surface area contributed by atoms with E-state index in [9.17, 15) is 4.39 Å². The van der Waals surface area contributed by atoms with Gasteiger partial charge in [-0.2, -0.15) is 0 Å². The van der Waals surface area contributed by atoms with Gasteiger partial charge in [0.1, 0.15) is 11.6 Å². The first kappa shape index (κ1) is 9.81. The summed E-state index contributed by atoms with van der Waals surface area (Å²) >= 11 is 0. The lowest BCUT2D eigenvalue weighted by Gasteiger charge is -2.32. The van der Waals surface area contributed by atoms with Crippen molar-refractivity contribution in [1.82, 2.24) is 0 Å². The van der Waals surface area contributed by atoms with Gasteiger partial charge in [-0.15, -0.1) is 0 Å². The van der Waals surface area contributed by atoms with E-state index >= 15 is 0 Å². The summed E-state index contributed by atoms with van der Waals surface area (Å²) in [5, 5.41) is 0. The molecule has 0 aliphatic carbocycles. The maximum absolute atomic E-state index is 14.4. The van der Waals surface area contributed by atoms with Crippen LogP contribution in [0.3, 0.4) is 0 Å². The topological polar surface area (TPSA) is 27.7 Å². The monoisotopic (exact) mass is 255 g/mol. The zero-order chi connectivity index (χ0) is 16.2. The van der Waals surface area contributed by atoms with Crippen LogP contribution in [0.1, 0.15) is 31.8 Å². The molecule has 1 fully saturated rings. The van der Waals surface area contributed by atoms with E-state index in [1.807, 2.05) is 27.7 Å². The van der Waals surface area contributed by atoms with Gasteiger partial charge in [-0.1, -0.05) is 6.04 Å². The molecule has 0 radical (unpaired) electrons. The largest absolute Gasteiger partial charge is 0.501 e. The molecule has 5 heteroatoms. The third-order valence-corrected chi connectivity index (χ3v) is 3.52. The lowest BCUT2D eigenvalue weighted by molar-refractivity contribution is 0.00578. The molecule has 0 atom stereocenters. The molecule has 2 rings (SSSR count). The smallest absolute Gasteiger partial charge is 0.497 e. The summed E-state index contributed by atoms with van der Waals surface area (Å²) in [5.74, 6) is -1.08. The standard InChI is InChI=1S/C13H18BFO3/c1-12(2)13(3,4)18-14(17-12)11-9(15)7-6-8-10(11)16-5/h6-8H,1-5H3/i6D,7D,8D. The Morgan fingerprint density at radius 1 is 1.22 bits per heavy atom. The summed E-state index contributed by atoms with van der Waals surface area (Å²) < 4.78 is 54.0. The van der Waals surface area contributed by atoms with Crippen molar-refractivity contribution in [2.45, 2.75) is 38.9 Å². The normalized spacial score (nSPS) is 23.4. The lowest BCUT2D eigenvalue weighted by atomic mass is 9.78. The quantitative estimate of drug-likeness (QED) is 0.758. The van der Waals surface area contributed by atoms with Crippen LogP contribution in [0.15, 0.2) is 18.1 Å². The highest BCUT2D eigenvalue weighted by molar-refractivity contribution is 6.63. The Morgan fingerprint density at radius 2 is 1.78 bits per heavy atom. The molecule has 1 saturated heterocycles. The molecule has 0 unspecified atom stereocenters. The van der Waals surface area contributed by atoms with E-state index in [1.165, 1.54) is 7.11 Å². The van der Waals surface area contributed by atoms with Crippen LogP contribution in [-0.2, 0) is 9.31 Å². The Morgan fingerprint density at radius 3 is 2.28 bits per heavy atom. The molecule has 3 nitrogen and oxygen atoms in total. The second-order valence-corrected chi connectivity index (χ2v) is 5.22. The Kier molecular flexibility index (Phi) is 2.31. The molecule has 0 amide bonds. The number of methoxy groups -OCH3 is 1. The maximum atomic E-state index is 14.4. The number of hydrogen-bond acceptors (Lipinski definition) is 3. The highest BCUT2D eigenvalue weighted by Gasteiger charge is 2.53. The third-order valence-electron chi connectivity index (χ3n) is 3.52. The summed E-state index contributed by atoms with van der Waals surface area (Å²) in [6.45, 7) is 7.28. The van der Waals surface area contributed by atoms with Crippen molar-refractivity contribution in [3.8, 4) is 5.75 Å². The van der Waals surface area contributed by atoms with Crippen molar-refractivity contribution >= 4 is 12.6 Å². The van der Waals surface area contributed by atoms with Crippen LogP contribution in [0.5, 0.6) is 5.75 Å². The van der Waals surface area contributed by atoms with Crippen LogP contribution in [0.2, 0.25) is 0 Å². The van der Waals surface area contributed by atoms with Gasteiger partial charge in [0, 0.05) is 0 Å². The predicted molar refractivity (Wildman–Crippen MR) is 68.7 cm³/mol. The van der Waals surface area contributed by atoms with E-state index in [4.69, 9.17) is 18.2 Å². The Labute approximate surface area is 112 Å². The molecule has 18 heavy (non-hydrogen) atoms. The summed E-state index contributed by atoms with van der Waals surface area (Å²) in [7, 11) is 0.198. The van der Waals surface area contributed by atoms with Crippen LogP contribution in [0, 0.1) is 5.82 Å². The zero-order valence-electron chi connectivity index (χ0n) is 14.2. The van der Waals surface area contributed by atoms with E-state index in [0.717, 1.165) is 0 Å². The van der Waals surface area contributed by atoms with Crippen molar-refractivity contribution in [3.05, 3.63) is 23.9 Å². The molecule has 98 valence electrons. The molecule has 1 aliphatic rings. The molecule has 1 aromatic carbocycles. The van der Waals surface area contributed by atoms with Gasteiger partial charge in [-0.25, -0.2) is 4.39 Å². The van der Waals surface area contributed by atoms with E-state index in [-0.39, 0.29) is 17.3 Å². The van der Waals surface area contributed by atoms with E-state index in [0.29, 0.717) is 0 Å². The highest BCUT2D eigenvalue weighted by Crippen LogP contribution is 2.37. The van der Waals surface area contributed by atoms with Crippen LogP contribution in [0.25, 0.3) is 0 Å². The van der Waals surface area contributed by atoms with Crippen molar-refractivity contribution in [2.24, 2.45) is 0 Å². The van der Waals surface area contributed by atoms with Crippen molar-refractivity contribution in [2.75, 3.05) is 7.11 Å². The molecule has 1 heterocycles. The van der Waals surface area contributed by atoms with Crippen molar-refractivity contribution < 1.29 is 22.5 Å². The number of ether oxygens (including phenoxy) is 1. The first-order chi connectivity index (χ1) is 9.53. The first-order valence-corrected chi connectivity index (χ1v) is 5.72. The lowest BCUT2D eigenvalue weighted by Crippen LogP contribution is -2.41. The van der Waals surface area contributed by atoms with E-state index < -0.39 is 36.2 Å². The van der Waals surface area contributed by atoms with Crippen molar-refractivity contribution in [1.29, 1.82) is 0 Å². The molecule has 0 aromatic heterocycles. The summed E-state index contributed by atoms with van der Waals surface area (Å²) in [5.41, 5.74) is -1.50. The predicted octanol–water partition coefficient (Wildman–Crippen LogP) is 2.13. The number of halogens is 1. The van der Waals surface area contributed by atoms with E-state index in [2.05, 4.69) is 0 Å². The fourth-order valence-electron chi connectivity index (χ4n) is 1.71. The number of benzene rings is 1. The fraction of sp³-hybridized carbons (Fsp3) is 0.538. The molecular formula is C13H18BFO3. The molecule has 0 N–H and O–H groups in total. The van der Waals surface area contributed by atoms with Gasteiger partial charge in [0.2, 0.25) is 0 Å². The molecule has 0 spiro atoms. The summed E-state index contributed by atoms with van der Waals surface area (Å²) in [4.78, 5) is 0. The van der Waals surface area contributed by atoms with Gasteiger partial charge in [0.05, 0.1) is 27.9 Å². The molecule has 0 saturated carbocycles. The minimum Gasteiger partial charge on any atom is -0.497 e. The number of rotatable bonds is 2. The van der Waals surface area contributed by atoms with Gasteiger partial charge in [0.25, 0.3) is 0 Å². The molecule has 0 bridgehead atoms. The van der Waals surface area contributed by atoms with Gasteiger partial charge < -0.3 is 14.0 Å². The van der Waals surface area contributed by atoms with Crippen LogP contribution in [-0.4, -0.2) is 25.4 Å². The maximum Gasteiger partial charge on any atom is 0.501 e. The average molecular weight is 255 g/mol. The van der Waals surface area contributed by atoms with Crippen molar-refractivity contribution in [3.63, 3.8) is 0 Å². The fourth-order valence-corrected chi connectivity index (χ4v) is 1.71. The van der Waals surface area contributed by atoms with Gasteiger partial charge in [0.15, 0.2) is 0 Å². The minimum absolute atomic E-state index is 0.132. The Balaban J connectivity index is 2.61. The van der Waals surface area contributed by atoms with Gasteiger partial charge in [-0.05, 0) is 39.8 Å². The highest BCUT2D eigenvalue weighted by atomic mass is 19.1. The molecular weight excluding hydrogens is 234 g/mol.